The first-order chi connectivity index (χ1) is 14.3. The van der Waals surface area contributed by atoms with Gasteiger partial charge in [-0.15, -0.1) is 11.3 Å². The molecule has 158 valence electrons. The number of hydrogen-bond donors (Lipinski definition) is 3. The van der Waals surface area contributed by atoms with Gasteiger partial charge in [0, 0.05) is 35.3 Å². The summed E-state index contributed by atoms with van der Waals surface area (Å²) in [6.45, 7) is 9.60. The van der Waals surface area contributed by atoms with Crippen LogP contribution in [0, 0.1) is 13.8 Å². The summed E-state index contributed by atoms with van der Waals surface area (Å²) in [6, 6.07) is 5.31. The molecule has 0 bridgehead atoms. The molecule has 3 rings (SSSR count). The third kappa shape index (κ3) is 4.51. The standard InChI is InChI=1S/C21H25N5O3S/c1-5-26(6-2)15-8-7-14(16(27)9-15)11-22-25-18(28)10-17-23-20(29)19-12(3)13(4)30-21(19)24-17/h7-9,11,27H,5-6,10H2,1-4H3,(H,25,28)(H,23,24,29). The van der Waals surface area contributed by atoms with E-state index >= 15 is 0 Å². The first kappa shape index (κ1) is 21.5. The van der Waals surface area contributed by atoms with Crippen molar-refractivity contribution in [1.29, 1.82) is 0 Å². The van der Waals surface area contributed by atoms with Gasteiger partial charge in [-0.25, -0.2) is 10.4 Å². The quantitative estimate of drug-likeness (QED) is 0.397. The zero-order valence-electron chi connectivity index (χ0n) is 17.4. The summed E-state index contributed by atoms with van der Waals surface area (Å²) in [7, 11) is 0. The SMILES string of the molecule is CCN(CC)c1ccc(C=NNC(=O)Cc2nc3sc(C)c(C)c3c(=O)[nH]2)c(O)c1. The van der Waals surface area contributed by atoms with E-state index in [1.54, 1.807) is 12.1 Å². The number of aromatic nitrogens is 2. The van der Waals surface area contributed by atoms with Gasteiger partial charge in [0.15, 0.2) is 0 Å². The molecule has 1 aromatic carbocycles. The fourth-order valence-corrected chi connectivity index (χ4v) is 4.22. The highest BCUT2D eigenvalue weighted by atomic mass is 32.1. The summed E-state index contributed by atoms with van der Waals surface area (Å²) in [5.74, 6) is -0.0526. The fraction of sp³-hybridized carbons (Fsp3) is 0.333. The number of hydrogen-bond acceptors (Lipinski definition) is 7. The van der Waals surface area contributed by atoms with Crippen LogP contribution in [0.4, 0.5) is 5.69 Å². The van der Waals surface area contributed by atoms with Crippen LogP contribution in [0.1, 0.15) is 35.7 Å². The Hall–Kier alpha value is -3.20. The van der Waals surface area contributed by atoms with Crippen molar-refractivity contribution in [2.45, 2.75) is 34.1 Å². The molecule has 2 aromatic heterocycles. The van der Waals surface area contributed by atoms with E-state index in [2.05, 4.69) is 25.4 Å². The minimum Gasteiger partial charge on any atom is -0.507 e. The lowest BCUT2D eigenvalue weighted by atomic mass is 10.2. The van der Waals surface area contributed by atoms with E-state index in [0.29, 0.717) is 15.8 Å². The van der Waals surface area contributed by atoms with Crippen LogP contribution >= 0.6 is 11.3 Å². The summed E-state index contributed by atoms with van der Waals surface area (Å²) in [5, 5.41) is 14.7. The Kier molecular flexibility index (Phi) is 6.51. The van der Waals surface area contributed by atoms with Crippen molar-refractivity contribution < 1.29 is 9.90 Å². The van der Waals surface area contributed by atoms with Crippen molar-refractivity contribution >= 4 is 39.4 Å². The zero-order chi connectivity index (χ0) is 21.8. The number of amides is 1. The largest absolute Gasteiger partial charge is 0.507 e. The highest BCUT2D eigenvalue weighted by Gasteiger charge is 2.13. The molecule has 0 spiro atoms. The minimum absolute atomic E-state index is 0.0808. The number of anilines is 1. The lowest BCUT2D eigenvalue weighted by Crippen LogP contribution is -2.23. The van der Waals surface area contributed by atoms with E-state index in [-0.39, 0.29) is 23.6 Å². The number of benzene rings is 1. The molecule has 30 heavy (non-hydrogen) atoms. The predicted octanol–water partition coefficient (Wildman–Crippen LogP) is 2.85. The summed E-state index contributed by atoms with van der Waals surface area (Å²) in [4.78, 5) is 35.3. The van der Waals surface area contributed by atoms with Crippen molar-refractivity contribution in [3.8, 4) is 5.75 Å². The van der Waals surface area contributed by atoms with Gasteiger partial charge in [0.05, 0.1) is 18.0 Å². The van der Waals surface area contributed by atoms with E-state index in [1.165, 1.54) is 17.6 Å². The number of rotatable bonds is 7. The summed E-state index contributed by atoms with van der Waals surface area (Å²) in [6.07, 6.45) is 1.27. The number of nitrogens with zero attached hydrogens (tertiary/aromatic N) is 3. The number of phenols is 1. The van der Waals surface area contributed by atoms with Crippen LogP contribution in [0.2, 0.25) is 0 Å². The van der Waals surface area contributed by atoms with Gasteiger partial charge >= 0.3 is 0 Å². The van der Waals surface area contributed by atoms with Crippen LogP contribution in [-0.2, 0) is 11.2 Å². The average molecular weight is 428 g/mol. The fourth-order valence-electron chi connectivity index (χ4n) is 3.18. The molecule has 0 aliphatic heterocycles. The first-order valence-corrected chi connectivity index (χ1v) is 10.5. The van der Waals surface area contributed by atoms with E-state index in [0.717, 1.165) is 29.2 Å². The smallest absolute Gasteiger partial charge is 0.259 e. The van der Waals surface area contributed by atoms with E-state index in [1.807, 2.05) is 33.8 Å². The Morgan fingerprint density at radius 2 is 2.07 bits per heavy atom. The molecule has 0 unspecified atom stereocenters. The Labute approximate surface area is 178 Å². The molecule has 2 heterocycles. The topological polar surface area (TPSA) is 111 Å². The van der Waals surface area contributed by atoms with Crippen LogP contribution in [0.25, 0.3) is 10.2 Å². The maximum absolute atomic E-state index is 12.3. The maximum atomic E-state index is 12.3. The number of aromatic amines is 1. The van der Waals surface area contributed by atoms with Gasteiger partial charge < -0.3 is 15.0 Å². The number of H-pyrrole nitrogens is 1. The Balaban J connectivity index is 1.67. The summed E-state index contributed by atoms with van der Waals surface area (Å²) < 4.78 is 0. The van der Waals surface area contributed by atoms with Crippen molar-refractivity contribution in [1.82, 2.24) is 15.4 Å². The maximum Gasteiger partial charge on any atom is 0.259 e. The molecule has 0 saturated heterocycles. The van der Waals surface area contributed by atoms with Gasteiger partial charge in [0.1, 0.15) is 16.4 Å². The molecule has 9 heteroatoms. The number of carbonyl (C=O) groups is 1. The van der Waals surface area contributed by atoms with Crippen LogP contribution in [0.3, 0.4) is 0 Å². The van der Waals surface area contributed by atoms with Crippen LogP contribution in [0.15, 0.2) is 28.1 Å². The summed E-state index contributed by atoms with van der Waals surface area (Å²) >= 11 is 1.43. The van der Waals surface area contributed by atoms with Gasteiger partial charge in [-0.3, -0.25) is 9.59 Å². The molecular weight excluding hydrogens is 402 g/mol. The number of hydrazone groups is 1. The Morgan fingerprint density at radius 3 is 2.73 bits per heavy atom. The number of aryl methyl sites for hydroxylation is 2. The van der Waals surface area contributed by atoms with Crippen molar-refractivity contribution in [3.05, 3.63) is 50.4 Å². The van der Waals surface area contributed by atoms with Crippen LogP contribution in [0.5, 0.6) is 5.75 Å². The van der Waals surface area contributed by atoms with Gasteiger partial charge in [0.25, 0.3) is 5.56 Å². The first-order valence-electron chi connectivity index (χ1n) is 9.72. The molecule has 3 aromatic rings. The molecule has 0 atom stereocenters. The second-order valence-corrected chi connectivity index (χ2v) is 8.06. The van der Waals surface area contributed by atoms with Gasteiger partial charge in [-0.1, -0.05) is 0 Å². The lowest BCUT2D eigenvalue weighted by Gasteiger charge is -2.21. The highest BCUT2D eigenvalue weighted by Crippen LogP contribution is 2.26. The third-order valence-electron chi connectivity index (χ3n) is 4.95. The number of aromatic hydroxyl groups is 1. The normalized spacial score (nSPS) is 11.3. The molecule has 0 aliphatic carbocycles. The average Bonchev–Trinajstić information content (AvgIpc) is 2.98. The molecule has 8 nitrogen and oxygen atoms in total. The van der Waals surface area contributed by atoms with E-state index in [4.69, 9.17) is 0 Å². The second kappa shape index (κ2) is 9.08. The molecule has 3 N–H and O–H groups in total. The van der Waals surface area contributed by atoms with Gasteiger partial charge in [-0.05, 0) is 45.4 Å². The number of nitrogens with one attached hydrogen (secondary N) is 2. The number of thiophene rings is 1. The molecule has 0 saturated carbocycles. The molecular formula is C21H25N5O3S. The Morgan fingerprint density at radius 1 is 1.33 bits per heavy atom. The zero-order valence-corrected chi connectivity index (χ0v) is 18.3. The van der Waals surface area contributed by atoms with Gasteiger partial charge in [0.2, 0.25) is 5.91 Å². The molecule has 0 aliphatic rings. The number of fused-ring (bicyclic) bond motifs is 1. The van der Waals surface area contributed by atoms with E-state index in [9.17, 15) is 14.7 Å². The minimum atomic E-state index is -0.419. The van der Waals surface area contributed by atoms with Crippen LogP contribution < -0.4 is 15.9 Å². The number of phenolic OH excluding ortho intramolecular Hbond substituents is 1. The molecule has 1 amide bonds. The number of carbonyl (C=O) groups excluding carboxylic acids is 1. The Bertz CT molecular complexity index is 1160. The van der Waals surface area contributed by atoms with Gasteiger partial charge in [-0.2, -0.15) is 5.10 Å². The third-order valence-corrected chi connectivity index (χ3v) is 6.05. The van der Waals surface area contributed by atoms with Crippen molar-refractivity contribution in [2.75, 3.05) is 18.0 Å². The van der Waals surface area contributed by atoms with Crippen molar-refractivity contribution in [3.63, 3.8) is 0 Å². The van der Waals surface area contributed by atoms with E-state index < -0.39 is 5.91 Å². The molecule has 0 radical (unpaired) electrons. The summed E-state index contributed by atoms with van der Waals surface area (Å²) in [5.41, 5.74) is 4.48. The predicted molar refractivity (Wildman–Crippen MR) is 121 cm³/mol. The van der Waals surface area contributed by atoms with Crippen LogP contribution in [-0.4, -0.2) is 40.3 Å². The second-order valence-electron chi connectivity index (χ2n) is 6.86. The highest BCUT2D eigenvalue weighted by molar-refractivity contribution is 7.18. The van der Waals surface area contributed by atoms with Crippen molar-refractivity contribution in [2.24, 2.45) is 5.10 Å². The monoisotopic (exact) mass is 427 g/mol. The lowest BCUT2D eigenvalue weighted by molar-refractivity contribution is -0.120. The molecule has 0 fully saturated rings.